The zero-order valence-electron chi connectivity index (χ0n) is 39.1. The number of benzene rings is 2. The molecular weight excluding hydrogens is 811 g/mol. The number of hydrogen-bond donors (Lipinski definition) is 4. The monoisotopic (exact) mass is 880 g/mol. The highest BCUT2D eigenvalue weighted by atomic mass is 16.5. The number of carbonyl (C=O) groups excluding carboxylic acids is 7. The summed E-state index contributed by atoms with van der Waals surface area (Å²) in [5.74, 6) is -1.95. The van der Waals surface area contributed by atoms with E-state index in [-0.39, 0.29) is 42.0 Å². The number of nitrogens with one attached hydrogen (secondary N) is 4. The van der Waals surface area contributed by atoms with Crippen LogP contribution in [0, 0.1) is 32.5 Å². The van der Waals surface area contributed by atoms with Gasteiger partial charge in [0.2, 0.25) is 35.4 Å². The summed E-state index contributed by atoms with van der Waals surface area (Å²) in [6, 6.07) is 11.1. The standard InChI is InChI=1S/C51H69N5O8/c1-8-18-46(27-48(20-10-3)31-49(28-46,21-11-4)43(61)54-42(48)60)40(58)52-33-14-16-37-35(24-33)36-25-34(15-17-38(36)56(37)26-39(57)64-7)53-41(59)47(19-9-2)29-50(22-12-5)32-51(30-47,23-13-6)45(63)55-44(50)62/h14-17,24-25H,8-13,18-23,26-32H2,1-7H3,(H,52,58)(H,53,59)(H,54,60,61)(H,55,62,63)/t46?,47?,48-,49+,50-,51+. The smallest absolute Gasteiger partial charge is 0.325 e. The van der Waals surface area contributed by atoms with Crippen molar-refractivity contribution >= 4 is 74.6 Å². The Bertz CT molecular complexity index is 2170. The van der Waals surface area contributed by atoms with E-state index in [0.717, 1.165) is 47.5 Å². The molecule has 6 atom stereocenters. The molecular formula is C51H69N5O8. The fraction of sp³-hybridized carbons (Fsp3) is 0.627. The number of carbonyl (C=O) groups is 7. The van der Waals surface area contributed by atoms with Crippen LogP contribution in [0.2, 0.25) is 0 Å². The zero-order valence-corrected chi connectivity index (χ0v) is 39.1. The molecule has 2 unspecified atom stereocenters. The van der Waals surface area contributed by atoms with Crippen molar-refractivity contribution in [2.45, 2.75) is 164 Å². The predicted octanol–water partition coefficient (Wildman–Crippen LogP) is 9.24. The molecule has 64 heavy (non-hydrogen) atoms. The van der Waals surface area contributed by atoms with E-state index in [2.05, 4.69) is 21.3 Å². The molecule has 4 aliphatic rings. The highest BCUT2D eigenvalue weighted by Gasteiger charge is 2.66. The van der Waals surface area contributed by atoms with Crippen molar-refractivity contribution in [3.8, 4) is 0 Å². The third-order valence-electron chi connectivity index (χ3n) is 15.7. The fourth-order valence-corrected chi connectivity index (χ4v) is 13.7. The maximum Gasteiger partial charge on any atom is 0.325 e. The van der Waals surface area contributed by atoms with Gasteiger partial charge in [-0.05, 0) is 113 Å². The van der Waals surface area contributed by atoms with Crippen LogP contribution in [0.1, 0.15) is 157 Å². The van der Waals surface area contributed by atoms with Crippen LogP contribution in [0.3, 0.4) is 0 Å². The number of fused-ring (bicyclic) bond motifs is 7. The average Bonchev–Trinajstić information content (AvgIpc) is 3.54. The van der Waals surface area contributed by atoms with Crippen LogP contribution in [0.5, 0.6) is 0 Å². The van der Waals surface area contributed by atoms with Gasteiger partial charge < -0.3 is 19.9 Å². The van der Waals surface area contributed by atoms with Crippen LogP contribution in [0.4, 0.5) is 11.4 Å². The molecule has 346 valence electrons. The summed E-state index contributed by atoms with van der Waals surface area (Å²) < 4.78 is 6.95. The van der Waals surface area contributed by atoms with Gasteiger partial charge >= 0.3 is 5.97 Å². The second kappa shape index (κ2) is 17.7. The van der Waals surface area contributed by atoms with Crippen molar-refractivity contribution in [2.24, 2.45) is 32.5 Å². The molecule has 6 amide bonds. The number of hydrogen-bond acceptors (Lipinski definition) is 8. The maximum atomic E-state index is 14.9. The third kappa shape index (κ3) is 7.82. The van der Waals surface area contributed by atoms with Gasteiger partial charge in [-0.25, -0.2) is 0 Å². The van der Waals surface area contributed by atoms with E-state index in [1.165, 1.54) is 7.11 Å². The summed E-state index contributed by atoms with van der Waals surface area (Å²) >= 11 is 0. The van der Waals surface area contributed by atoms with Crippen molar-refractivity contribution in [2.75, 3.05) is 17.7 Å². The molecule has 2 aliphatic heterocycles. The number of ether oxygens (including phenoxy) is 1. The number of esters is 1. The van der Waals surface area contributed by atoms with Crippen LogP contribution in [-0.4, -0.2) is 53.1 Å². The maximum absolute atomic E-state index is 14.9. The summed E-state index contributed by atoms with van der Waals surface area (Å²) in [6.07, 6.45) is 10.2. The minimum Gasteiger partial charge on any atom is -0.468 e. The molecule has 2 aromatic carbocycles. The minimum absolute atomic E-state index is 0.0721. The molecule has 13 heteroatoms. The van der Waals surface area contributed by atoms with Gasteiger partial charge in [-0.15, -0.1) is 0 Å². The quantitative estimate of drug-likeness (QED) is 0.0721. The van der Waals surface area contributed by atoms with Gasteiger partial charge in [0, 0.05) is 33.2 Å². The topological polar surface area (TPSA) is 182 Å². The van der Waals surface area contributed by atoms with E-state index in [1.807, 2.05) is 82.5 Å². The van der Waals surface area contributed by atoms with Gasteiger partial charge in [0.15, 0.2) is 0 Å². The van der Waals surface area contributed by atoms with Crippen LogP contribution in [0.25, 0.3) is 21.8 Å². The van der Waals surface area contributed by atoms with Gasteiger partial charge in [-0.2, -0.15) is 0 Å². The Morgan fingerprint density at radius 3 is 1.16 bits per heavy atom. The second-order valence-electron chi connectivity index (χ2n) is 20.3. The number of rotatable bonds is 18. The molecule has 4 N–H and O–H groups in total. The Labute approximate surface area is 377 Å². The van der Waals surface area contributed by atoms with Crippen LogP contribution in [-0.2, 0) is 44.8 Å². The third-order valence-corrected chi connectivity index (χ3v) is 15.7. The largest absolute Gasteiger partial charge is 0.468 e. The molecule has 0 radical (unpaired) electrons. The second-order valence-corrected chi connectivity index (χ2v) is 20.3. The van der Waals surface area contributed by atoms with Gasteiger partial charge in [0.05, 0.1) is 39.6 Å². The summed E-state index contributed by atoms with van der Waals surface area (Å²) in [7, 11) is 1.34. The van der Waals surface area contributed by atoms with E-state index >= 15 is 0 Å². The zero-order chi connectivity index (χ0) is 46.3. The van der Waals surface area contributed by atoms with E-state index < -0.39 is 38.5 Å². The summed E-state index contributed by atoms with van der Waals surface area (Å²) in [4.78, 5) is 97.7. The molecule has 0 spiro atoms. The van der Waals surface area contributed by atoms with Crippen molar-refractivity contribution < 1.29 is 38.3 Å². The molecule has 4 fully saturated rings. The van der Waals surface area contributed by atoms with Gasteiger partial charge in [-0.1, -0.05) is 80.1 Å². The molecule has 2 saturated carbocycles. The summed E-state index contributed by atoms with van der Waals surface area (Å²) in [5, 5.41) is 13.4. The lowest BCUT2D eigenvalue weighted by molar-refractivity contribution is -0.171. The number of aromatic nitrogens is 1. The number of piperidine rings is 2. The van der Waals surface area contributed by atoms with E-state index in [0.29, 0.717) is 101 Å². The summed E-state index contributed by atoms with van der Waals surface area (Å²) in [5.41, 5.74) is -2.71. The first kappa shape index (κ1) is 46.9. The molecule has 3 heterocycles. The Balaban J connectivity index is 1.28. The lowest BCUT2D eigenvalue weighted by Crippen LogP contribution is -2.65. The lowest BCUT2D eigenvalue weighted by atomic mass is 9.47. The van der Waals surface area contributed by atoms with E-state index in [4.69, 9.17) is 4.74 Å². The van der Waals surface area contributed by atoms with Crippen LogP contribution >= 0.6 is 0 Å². The lowest BCUT2D eigenvalue weighted by Gasteiger charge is -2.57. The first-order chi connectivity index (χ1) is 30.5. The SMILES string of the molecule is CCCC1(C(=O)Nc2ccc3c(c2)c2cc(NC(=O)C4(CCC)C[C@@]5(CCC)C[C@@](CCC)(C4)C(=O)NC5=O)ccc2n3CC(=O)OC)C[C@@]2(CCC)C[C@@](CCC)(C1)C(=O)NC2=O. The molecule has 3 aromatic rings. The number of anilines is 2. The Morgan fingerprint density at radius 1 is 0.531 bits per heavy atom. The van der Waals surface area contributed by atoms with Crippen molar-refractivity contribution in [3.05, 3.63) is 36.4 Å². The molecule has 2 saturated heterocycles. The Morgan fingerprint density at radius 2 is 0.859 bits per heavy atom. The first-order valence-corrected chi connectivity index (χ1v) is 24.0. The molecule has 4 bridgehead atoms. The van der Waals surface area contributed by atoms with E-state index in [1.54, 1.807) is 0 Å². The van der Waals surface area contributed by atoms with Gasteiger partial charge in [-0.3, -0.25) is 44.2 Å². The number of methoxy groups -OCH3 is 1. The fourth-order valence-electron chi connectivity index (χ4n) is 13.7. The van der Waals surface area contributed by atoms with Crippen molar-refractivity contribution in [1.82, 2.24) is 15.2 Å². The minimum atomic E-state index is -0.960. The Kier molecular flexibility index (Phi) is 13.0. The highest BCUT2D eigenvalue weighted by molar-refractivity contribution is 6.13. The predicted molar refractivity (Wildman–Crippen MR) is 247 cm³/mol. The summed E-state index contributed by atoms with van der Waals surface area (Å²) in [6.45, 7) is 12.1. The number of nitrogens with zero attached hydrogens (tertiary/aromatic N) is 1. The Hall–Kier alpha value is -5.07. The van der Waals surface area contributed by atoms with Gasteiger partial charge in [0.25, 0.3) is 0 Å². The van der Waals surface area contributed by atoms with Crippen molar-refractivity contribution in [3.63, 3.8) is 0 Å². The molecule has 1 aromatic heterocycles. The van der Waals surface area contributed by atoms with Crippen LogP contribution < -0.4 is 21.3 Å². The normalized spacial score (nSPS) is 29.9. The molecule has 13 nitrogen and oxygen atoms in total. The number of amides is 6. The van der Waals surface area contributed by atoms with Gasteiger partial charge in [0.1, 0.15) is 6.54 Å². The highest BCUT2D eigenvalue weighted by Crippen LogP contribution is 2.63. The number of imide groups is 2. The van der Waals surface area contributed by atoms with Crippen molar-refractivity contribution in [1.29, 1.82) is 0 Å². The first-order valence-electron chi connectivity index (χ1n) is 24.0. The molecule has 2 aliphatic carbocycles. The molecule has 7 rings (SSSR count). The average molecular weight is 880 g/mol. The van der Waals surface area contributed by atoms with Crippen LogP contribution in [0.15, 0.2) is 36.4 Å². The van der Waals surface area contributed by atoms with E-state index in [9.17, 15) is 33.6 Å².